The van der Waals surface area contributed by atoms with Crippen LogP contribution >= 0.6 is 0 Å². The smallest absolute Gasteiger partial charge is 0.267 e. The predicted octanol–water partition coefficient (Wildman–Crippen LogP) is 2.58. The van der Waals surface area contributed by atoms with Crippen LogP contribution in [0.2, 0.25) is 0 Å². The lowest BCUT2D eigenvalue weighted by Crippen LogP contribution is -2.36. The van der Waals surface area contributed by atoms with Crippen LogP contribution in [0.25, 0.3) is 22.5 Å². The van der Waals surface area contributed by atoms with Crippen LogP contribution in [0.1, 0.15) is 11.1 Å². The van der Waals surface area contributed by atoms with Crippen LogP contribution in [0, 0.1) is 13.8 Å². The maximum Gasteiger partial charge on any atom is 0.267 e. The molecule has 0 atom stereocenters. The average Bonchev–Trinajstić information content (AvgIpc) is 2.88. The Balaban J connectivity index is 1.41. The third-order valence-electron chi connectivity index (χ3n) is 5.73. The van der Waals surface area contributed by atoms with E-state index < -0.39 is 0 Å². The Labute approximate surface area is 208 Å². The van der Waals surface area contributed by atoms with Crippen molar-refractivity contribution in [3.05, 3.63) is 98.6 Å². The largest absolute Gasteiger partial charge is 0.497 e. The molecule has 0 spiro atoms. The molecule has 184 valence electrons. The predicted molar refractivity (Wildman–Crippen MR) is 137 cm³/mol. The van der Waals surface area contributed by atoms with E-state index in [1.165, 1.54) is 16.8 Å². The van der Waals surface area contributed by atoms with Gasteiger partial charge in [-0.25, -0.2) is 9.36 Å². The van der Waals surface area contributed by atoms with Gasteiger partial charge in [0.05, 0.1) is 25.0 Å². The number of hydrogen-bond donors (Lipinski definition) is 1. The monoisotopic (exact) mass is 485 g/mol. The topological polar surface area (TPSA) is 108 Å². The van der Waals surface area contributed by atoms with E-state index in [-0.39, 0.29) is 36.7 Å². The minimum Gasteiger partial charge on any atom is -0.497 e. The molecule has 0 aliphatic carbocycles. The summed E-state index contributed by atoms with van der Waals surface area (Å²) in [5, 5.41) is 11.5. The summed E-state index contributed by atoms with van der Waals surface area (Å²) in [6, 6.07) is 19.5. The number of benzene rings is 2. The Morgan fingerprint density at radius 2 is 1.53 bits per heavy atom. The van der Waals surface area contributed by atoms with E-state index in [1.807, 2.05) is 56.3 Å². The molecular weight excluding hydrogens is 458 g/mol. The van der Waals surface area contributed by atoms with Crippen molar-refractivity contribution in [3.8, 4) is 28.3 Å². The van der Waals surface area contributed by atoms with Gasteiger partial charge in [0.1, 0.15) is 12.3 Å². The molecule has 1 amide bonds. The molecule has 9 heteroatoms. The fourth-order valence-electron chi connectivity index (χ4n) is 3.74. The molecule has 2 heterocycles. The van der Waals surface area contributed by atoms with Gasteiger partial charge in [-0.3, -0.25) is 14.4 Å². The van der Waals surface area contributed by atoms with Gasteiger partial charge >= 0.3 is 0 Å². The third kappa shape index (κ3) is 5.75. The molecule has 0 radical (unpaired) electrons. The highest BCUT2D eigenvalue weighted by Gasteiger charge is 2.10. The number of nitrogens with zero attached hydrogens (tertiary/aromatic N) is 4. The van der Waals surface area contributed by atoms with Gasteiger partial charge in [0.25, 0.3) is 11.1 Å². The second kappa shape index (κ2) is 10.8. The van der Waals surface area contributed by atoms with Crippen LogP contribution in [0.5, 0.6) is 5.75 Å². The first kappa shape index (κ1) is 24.6. The summed E-state index contributed by atoms with van der Waals surface area (Å²) in [6.07, 6.45) is 0. The van der Waals surface area contributed by atoms with Crippen LogP contribution < -0.4 is 21.2 Å². The maximum atomic E-state index is 12.5. The van der Waals surface area contributed by atoms with E-state index in [0.717, 1.165) is 32.7 Å². The third-order valence-corrected chi connectivity index (χ3v) is 5.73. The Hall–Kier alpha value is -4.53. The Bertz CT molecular complexity index is 1510. The maximum absolute atomic E-state index is 12.5. The van der Waals surface area contributed by atoms with E-state index in [9.17, 15) is 14.4 Å². The second-order valence-corrected chi connectivity index (χ2v) is 8.39. The van der Waals surface area contributed by atoms with E-state index in [1.54, 1.807) is 19.2 Å². The molecule has 0 aliphatic heterocycles. The number of hydrogen-bond acceptors (Lipinski definition) is 6. The molecular formula is C27H27N5O4. The Morgan fingerprint density at radius 3 is 2.25 bits per heavy atom. The van der Waals surface area contributed by atoms with Crippen molar-refractivity contribution in [2.75, 3.05) is 13.7 Å². The van der Waals surface area contributed by atoms with E-state index in [0.29, 0.717) is 11.4 Å². The Morgan fingerprint density at radius 1 is 0.861 bits per heavy atom. The normalized spacial score (nSPS) is 10.8. The van der Waals surface area contributed by atoms with Gasteiger partial charge in [0, 0.05) is 29.8 Å². The van der Waals surface area contributed by atoms with Crippen molar-refractivity contribution in [2.45, 2.75) is 26.9 Å². The molecule has 0 unspecified atom stereocenters. The van der Waals surface area contributed by atoms with Gasteiger partial charge in [0.2, 0.25) is 5.91 Å². The first-order valence-electron chi connectivity index (χ1n) is 11.5. The summed E-state index contributed by atoms with van der Waals surface area (Å²) in [4.78, 5) is 37.1. The molecule has 36 heavy (non-hydrogen) atoms. The number of carbonyl (C=O) groups is 1. The molecule has 2 aromatic carbocycles. The molecule has 1 N–H and O–H groups in total. The van der Waals surface area contributed by atoms with Crippen LogP contribution in [0.15, 0.2) is 76.3 Å². The summed E-state index contributed by atoms with van der Waals surface area (Å²) < 4.78 is 7.61. The van der Waals surface area contributed by atoms with Crippen molar-refractivity contribution in [2.24, 2.45) is 0 Å². The summed E-state index contributed by atoms with van der Waals surface area (Å²) in [6.45, 7) is 4.08. The second-order valence-electron chi connectivity index (χ2n) is 8.39. The average molecular weight is 486 g/mol. The van der Waals surface area contributed by atoms with Crippen molar-refractivity contribution in [1.29, 1.82) is 0 Å². The first-order chi connectivity index (χ1) is 17.3. The summed E-state index contributed by atoms with van der Waals surface area (Å²) in [5.74, 6) is 0.338. The lowest BCUT2D eigenvalue weighted by Gasteiger charge is -2.11. The number of carbonyl (C=O) groups excluding carboxylic acids is 1. The van der Waals surface area contributed by atoms with Gasteiger partial charge < -0.3 is 10.1 Å². The number of aryl methyl sites for hydroxylation is 2. The highest BCUT2D eigenvalue weighted by molar-refractivity contribution is 5.75. The number of ether oxygens (including phenoxy) is 1. The van der Waals surface area contributed by atoms with Crippen LogP contribution in [0.4, 0.5) is 0 Å². The number of rotatable bonds is 8. The lowest BCUT2D eigenvalue weighted by atomic mass is 10.0. The lowest BCUT2D eigenvalue weighted by molar-refractivity contribution is -0.121. The zero-order valence-electron chi connectivity index (χ0n) is 20.4. The van der Waals surface area contributed by atoms with Crippen LogP contribution in [-0.4, -0.2) is 39.1 Å². The summed E-state index contributed by atoms with van der Waals surface area (Å²) in [5.41, 5.74) is 4.45. The van der Waals surface area contributed by atoms with E-state index >= 15 is 0 Å². The van der Waals surface area contributed by atoms with E-state index in [2.05, 4.69) is 15.5 Å². The minimum atomic E-state index is -0.387. The van der Waals surface area contributed by atoms with Gasteiger partial charge in [-0.05, 0) is 61.9 Å². The highest BCUT2D eigenvalue weighted by atomic mass is 16.5. The molecule has 2 aromatic heterocycles. The minimum absolute atomic E-state index is 0.170. The SMILES string of the molecule is COc1ccc(-c2ccc(=O)n(CCNC(=O)Cn3nc(-c4cc(C)ccc4C)ccc3=O)n2)cc1. The van der Waals surface area contributed by atoms with Crippen molar-refractivity contribution in [3.63, 3.8) is 0 Å². The van der Waals surface area contributed by atoms with Crippen molar-refractivity contribution in [1.82, 2.24) is 24.9 Å². The van der Waals surface area contributed by atoms with Gasteiger partial charge in [0.15, 0.2) is 0 Å². The Kier molecular flexibility index (Phi) is 7.39. The summed E-state index contributed by atoms with van der Waals surface area (Å²) >= 11 is 0. The fraction of sp³-hybridized carbons (Fsp3) is 0.222. The zero-order valence-corrected chi connectivity index (χ0v) is 20.4. The van der Waals surface area contributed by atoms with Crippen LogP contribution in [0.3, 0.4) is 0 Å². The molecule has 9 nitrogen and oxygen atoms in total. The number of aromatic nitrogens is 4. The number of amides is 1. The number of nitrogens with one attached hydrogen (secondary N) is 1. The summed E-state index contributed by atoms with van der Waals surface area (Å²) in [7, 11) is 1.59. The van der Waals surface area contributed by atoms with Crippen molar-refractivity contribution < 1.29 is 9.53 Å². The van der Waals surface area contributed by atoms with Gasteiger partial charge in [-0.2, -0.15) is 10.2 Å². The number of methoxy groups -OCH3 is 1. The van der Waals surface area contributed by atoms with Gasteiger partial charge in [-0.1, -0.05) is 17.7 Å². The standard InChI is InChI=1S/C27H27N5O4/c1-18-4-5-19(2)22(16-18)24-11-13-27(35)32(30-24)17-25(33)28-14-15-31-26(34)12-10-23(29-31)20-6-8-21(36-3)9-7-20/h4-13,16H,14-15,17H2,1-3H3,(H,28,33). The molecule has 4 aromatic rings. The van der Waals surface area contributed by atoms with Crippen molar-refractivity contribution >= 4 is 5.91 Å². The zero-order chi connectivity index (χ0) is 25.7. The highest BCUT2D eigenvalue weighted by Crippen LogP contribution is 2.22. The molecule has 0 saturated heterocycles. The molecule has 0 aliphatic rings. The fourth-order valence-corrected chi connectivity index (χ4v) is 3.74. The van der Waals surface area contributed by atoms with E-state index in [4.69, 9.17) is 4.74 Å². The molecule has 0 saturated carbocycles. The molecule has 0 bridgehead atoms. The molecule has 0 fully saturated rings. The van der Waals surface area contributed by atoms with Crippen LogP contribution in [-0.2, 0) is 17.9 Å². The molecule has 4 rings (SSSR count). The quantitative estimate of drug-likeness (QED) is 0.411. The first-order valence-corrected chi connectivity index (χ1v) is 11.5. The van der Waals surface area contributed by atoms with Gasteiger partial charge in [-0.15, -0.1) is 0 Å².